The first-order chi connectivity index (χ1) is 24.5. The number of para-hydroxylation sites is 1. The molecule has 5 nitrogen and oxygen atoms in total. The smallest absolute Gasteiger partial charge is 0.163 e. The van der Waals surface area contributed by atoms with Crippen LogP contribution in [0.4, 0.5) is 0 Å². The largest absolute Gasteiger partial charge is 0.457 e. The molecular formula is C45H33N3O2. The van der Waals surface area contributed by atoms with Crippen molar-refractivity contribution in [1.29, 1.82) is 0 Å². The summed E-state index contributed by atoms with van der Waals surface area (Å²) in [6.45, 7) is 4.59. The molecule has 5 aromatic carbocycles. The first-order valence-corrected chi connectivity index (χ1v) is 17.3. The lowest BCUT2D eigenvalue weighted by atomic mass is 9.68. The molecule has 50 heavy (non-hydrogen) atoms. The number of hydrogen-bond acceptors (Lipinski definition) is 5. The van der Waals surface area contributed by atoms with Crippen molar-refractivity contribution < 1.29 is 8.83 Å². The maximum Gasteiger partial charge on any atom is 0.163 e. The van der Waals surface area contributed by atoms with Crippen molar-refractivity contribution in [2.24, 2.45) is 0 Å². The minimum Gasteiger partial charge on any atom is -0.457 e. The van der Waals surface area contributed by atoms with Gasteiger partial charge in [-0.3, -0.25) is 0 Å². The van der Waals surface area contributed by atoms with Crippen molar-refractivity contribution in [1.82, 2.24) is 15.0 Å². The molecule has 0 spiro atoms. The predicted molar refractivity (Wildman–Crippen MR) is 201 cm³/mol. The molecule has 2 aliphatic carbocycles. The summed E-state index contributed by atoms with van der Waals surface area (Å²) >= 11 is 0. The summed E-state index contributed by atoms with van der Waals surface area (Å²) in [5, 5.41) is 4.62. The Balaban J connectivity index is 1.14. The summed E-state index contributed by atoms with van der Waals surface area (Å²) in [5.41, 5.74) is 6.73. The third kappa shape index (κ3) is 4.43. The van der Waals surface area contributed by atoms with Gasteiger partial charge in [0, 0.05) is 38.9 Å². The zero-order valence-electron chi connectivity index (χ0n) is 27.8. The Morgan fingerprint density at radius 2 is 1.40 bits per heavy atom. The lowest BCUT2D eigenvalue weighted by Gasteiger charge is -2.34. The van der Waals surface area contributed by atoms with Crippen molar-refractivity contribution in [2.45, 2.75) is 37.5 Å². The quantitative estimate of drug-likeness (QED) is 0.190. The first-order valence-electron chi connectivity index (χ1n) is 17.3. The molecule has 2 aliphatic rings. The van der Waals surface area contributed by atoms with Crippen LogP contribution in [-0.4, -0.2) is 15.0 Å². The Bertz CT molecular complexity index is 2680. The van der Waals surface area contributed by atoms with Crippen LogP contribution >= 0.6 is 0 Å². The zero-order valence-corrected chi connectivity index (χ0v) is 27.8. The second kappa shape index (κ2) is 11.0. The second-order valence-electron chi connectivity index (χ2n) is 13.8. The highest BCUT2D eigenvalue weighted by Gasteiger charge is 2.43. The van der Waals surface area contributed by atoms with Gasteiger partial charge in [-0.05, 0) is 72.0 Å². The number of furan rings is 2. The molecule has 0 saturated carbocycles. The number of nitrogens with zero attached hydrogens (tertiary/aromatic N) is 3. The van der Waals surface area contributed by atoms with Gasteiger partial charge in [0.2, 0.25) is 0 Å². The molecule has 0 fully saturated rings. The van der Waals surface area contributed by atoms with Gasteiger partial charge in [-0.2, -0.15) is 0 Å². The van der Waals surface area contributed by atoms with Gasteiger partial charge < -0.3 is 8.83 Å². The fourth-order valence-electron chi connectivity index (χ4n) is 8.14. The molecule has 240 valence electrons. The van der Waals surface area contributed by atoms with Gasteiger partial charge in [0.1, 0.15) is 28.5 Å². The molecule has 0 amide bonds. The van der Waals surface area contributed by atoms with E-state index in [2.05, 4.69) is 105 Å². The van der Waals surface area contributed by atoms with Crippen LogP contribution in [0, 0.1) is 0 Å². The molecule has 0 bridgehead atoms. The van der Waals surface area contributed by atoms with Crippen LogP contribution in [0.15, 0.2) is 136 Å². The topological polar surface area (TPSA) is 65.0 Å². The average Bonchev–Trinajstić information content (AvgIpc) is 3.74. The minimum atomic E-state index is -0.553. The van der Waals surface area contributed by atoms with Gasteiger partial charge in [0.05, 0.1) is 5.41 Å². The van der Waals surface area contributed by atoms with Gasteiger partial charge >= 0.3 is 0 Å². The molecule has 8 aromatic rings. The van der Waals surface area contributed by atoms with Crippen molar-refractivity contribution in [2.75, 3.05) is 0 Å². The molecule has 3 unspecified atom stereocenters. The molecule has 5 heteroatoms. The van der Waals surface area contributed by atoms with Crippen molar-refractivity contribution in [3.63, 3.8) is 0 Å². The lowest BCUT2D eigenvalue weighted by Crippen LogP contribution is -2.31. The number of hydrogen-bond donors (Lipinski definition) is 0. The Hall–Kier alpha value is -6.07. The summed E-state index contributed by atoms with van der Waals surface area (Å²) in [7, 11) is 0. The van der Waals surface area contributed by atoms with E-state index in [9.17, 15) is 0 Å². The van der Waals surface area contributed by atoms with Crippen molar-refractivity contribution >= 4 is 44.9 Å². The van der Waals surface area contributed by atoms with Crippen LogP contribution in [0.3, 0.4) is 0 Å². The van der Waals surface area contributed by atoms with E-state index in [1.807, 2.05) is 48.5 Å². The number of rotatable bonds is 4. The standard InChI is InChI=1S/C45H33N3O2/c1-27-33(31-19-18-28-11-6-7-14-30(28)25-31)21-23-38-40(27)41-39(50-38)17-10-24-45(41,2)44-47-42(29-12-4-3-5-13-29)46-43(48-44)32-20-22-37-35(26-32)34-15-8-9-16-36(34)49-37/h3-23,25-27,33H,24H2,1-2H3. The molecule has 0 saturated heterocycles. The maximum absolute atomic E-state index is 6.63. The van der Waals surface area contributed by atoms with Gasteiger partial charge in [0.15, 0.2) is 11.6 Å². The summed E-state index contributed by atoms with van der Waals surface area (Å²) < 4.78 is 12.8. The fourth-order valence-corrected chi connectivity index (χ4v) is 8.14. The number of aromatic nitrogens is 3. The van der Waals surface area contributed by atoms with Gasteiger partial charge in [-0.25, -0.2) is 15.0 Å². The molecule has 10 rings (SSSR count). The van der Waals surface area contributed by atoms with E-state index in [-0.39, 0.29) is 11.8 Å². The molecule has 0 radical (unpaired) electrons. The van der Waals surface area contributed by atoms with Crippen LogP contribution in [0.1, 0.15) is 66.1 Å². The summed E-state index contributed by atoms with van der Waals surface area (Å²) in [6.07, 6.45) is 9.53. The number of fused-ring (bicyclic) bond motifs is 7. The molecule has 3 aromatic heterocycles. The van der Waals surface area contributed by atoms with Crippen molar-refractivity contribution in [3.05, 3.63) is 161 Å². The number of benzene rings is 5. The maximum atomic E-state index is 6.63. The monoisotopic (exact) mass is 647 g/mol. The Morgan fingerprint density at radius 1 is 0.640 bits per heavy atom. The third-order valence-electron chi connectivity index (χ3n) is 10.8. The summed E-state index contributed by atoms with van der Waals surface area (Å²) in [5.74, 6) is 4.21. The SMILES string of the molecule is CC1c2c(oc3c2C(C)(c2nc(-c4ccccc4)nc(-c4ccc5oc6ccccc6c5c4)n2)CC=C3)C=CC1c1ccc2ccccc2c1. The molecule has 3 heterocycles. The first kappa shape index (κ1) is 28.9. The highest BCUT2D eigenvalue weighted by Crippen LogP contribution is 2.51. The second-order valence-corrected chi connectivity index (χ2v) is 13.8. The van der Waals surface area contributed by atoms with Gasteiger partial charge in [-0.1, -0.05) is 110 Å². The molecule has 0 N–H and O–H groups in total. The summed E-state index contributed by atoms with van der Waals surface area (Å²) in [4.78, 5) is 15.7. The van der Waals surface area contributed by atoms with E-state index in [4.69, 9.17) is 23.8 Å². The lowest BCUT2D eigenvalue weighted by molar-refractivity contribution is 0.494. The molecular weight excluding hydrogens is 615 g/mol. The van der Waals surface area contributed by atoms with E-state index >= 15 is 0 Å². The zero-order chi connectivity index (χ0) is 33.4. The van der Waals surface area contributed by atoms with E-state index in [1.54, 1.807) is 0 Å². The van der Waals surface area contributed by atoms with E-state index < -0.39 is 5.41 Å². The van der Waals surface area contributed by atoms with E-state index in [0.717, 1.165) is 56.8 Å². The van der Waals surface area contributed by atoms with Crippen LogP contribution in [0.25, 0.3) is 67.6 Å². The van der Waals surface area contributed by atoms with Crippen LogP contribution in [0.5, 0.6) is 0 Å². The minimum absolute atomic E-state index is 0.182. The van der Waals surface area contributed by atoms with Crippen LogP contribution < -0.4 is 0 Å². The highest BCUT2D eigenvalue weighted by atomic mass is 16.3. The number of allylic oxidation sites excluding steroid dienone is 2. The Labute approximate surface area is 289 Å². The Morgan fingerprint density at radius 3 is 2.28 bits per heavy atom. The normalized spacial score (nSPS) is 19.6. The molecule has 0 aliphatic heterocycles. The van der Waals surface area contributed by atoms with Gasteiger partial charge in [-0.15, -0.1) is 0 Å². The molecule has 3 atom stereocenters. The highest BCUT2D eigenvalue weighted by molar-refractivity contribution is 6.06. The van der Waals surface area contributed by atoms with Crippen LogP contribution in [0.2, 0.25) is 0 Å². The third-order valence-corrected chi connectivity index (χ3v) is 10.8. The average molecular weight is 648 g/mol. The fraction of sp³-hybridized carbons (Fsp3) is 0.133. The van der Waals surface area contributed by atoms with Gasteiger partial charge in [0.25, 0.3) is 0 Å². The van der Waals surface area contributed by atoms with Crippen LogP contribution in [-0.2, 0) is 5.41 Å². The van der Waals surface area contributed by atoms with E-state index in [1.165, 1.54) is 27.5 Å². The predicted octanol–water partition coefficient (Wildman–Crippen LogP) is 11.5. The Kier molecular flexibility index (Phi) is 6.34. The van der Waals surface area contributed by atoms with Crippen molar-refractivity contribution in [3.8, 4) is 22.8 Å². The van der Waals surface area contributed by atoms with E-state index in [0.29, 0.717) is 11.6 Å². The summed E-state index contributed by atoms with van der Waals surface area (Å²) in [6, 6.07) is 40.0.